The summed E-state index contributed by atoms with van der Waals surface area (Å²) in [7, 11) is 2.02. The van der Waals surface area contributed by atoms with Gasteiger partial charge in [0.25, 0.3) is 0 Å². The van der Waals surface area contributed by atoms with Crippen LogP contribution in [0.4, 0.5) is 5.69 Å². The van der Waals surface area contributed by atoms with Crippen LogP contribution in [0.3, 0.4) is 0 Å². The normalized spacial score (nSPS) is 19.0. The van der Waals surface area contributed by atoms with Crippen LogP contribution in [0.2, 0.25) is 0 Å². The van der Waals surface area contributed by atoms with Gasteiger partial charge in [0.2, 0.25) is 5.69 Å². The smallest absolute Gasteiger partial charge is 0.304 e. The van der Waals surface area contributed by atoms with E-state index in [0.29, 0.717) is 0 Å². The van der Waals surface area contributed by atoms with Gasteiger partial charge in [-0.3, -0.25) is 4.79 Å². The van der Waals surface area contributed by atoms with Crippen LogP contribution in [0, 0.1) is 0 Å². The molecule has 27 heavy (non-hydrogen) atoms. The van der Waals surface area contributed by atoms with Crippen LogP contribution in [-0.4, -0.2) is 28.4 Å². The minimum absolute atomic E-state index is 0.0484. The molecule has 0 saturated carbocycles. The highest BCUT2D eigenvalue weighted by atomic mass is 16.4. The first-order chi connectivity index (χ1) is 13.0. The van der Waals surface area contributed by atoms with Gasteiger partial charge in [0.1, 0.15) is 7.05 Å². The van der Waals surface area contributed by atoms with E-state index in [0.717, 1.165) is 33.3 Å². The van der Waals surface area contributed by atoms with Crippen molar-refractivity contribution in [3.63, 3.8) is 0 Å². The standard InChI is InChI=1S/C24H21NO2/c1-24(16-22(26)27)21(15-12-17-8-4-3-5-9-17)25(2)20-14-13-18-10-6-7-11-19(18)23(20)24/h3-15H,16H2,1-2H3/p+1. The zero-order valence-corrected chi connectivity index (χ0v) is 15.5. The Bertz CT molecular complexity index is 1100. The monoisotopic (exact) mass is 356 g/mol. The fraction of sp³-hybridized carbons (Fsp3) is 0.167. The lowest BCUT2D eigenvalue weighted by atomic mass is 9.74. The summed E-state index contributed by atoms with van der Waals surface area (Å²) >= 11 is 0. The van der Waals surface area contributed by atoms with Gasteiger partial charge in [-0.15, -0.1) is 0 Å². The van der Waals surface area contributed by atoms with Gasteiger partial charge in [0.15, 0.2) is 5.71 Å². The molecule has 1 N–H and O–H groups in total. The van der Waals surface area contributed by atoms with Gasteiger partial charge in [-0.1, -0.05) is 54.6 Å². The minimum atomic E-state index is -0.794. The van der Waals surface area contributed by atoms with E-state index in [1.165, 1.54) is 0 Å². The first kappa shape index (κ1) is 17.2. The van der Waals surface area contributed by atoms with E-state index >= 15 is 0 Å². The largest absolute Gasteiger partial charge is 0.481 e. The van der Waals surface area contributed by atoms with Crippen LogP contribution in [0.25, 0.3) is 16.8 Å². The third-order valence-corrected chi connectivity index (χ3v) is 5.48. The molecule has 0 aliphatic carbocycles. The summed E-state index contributed by atoms with van der Waals surface area (Å²) < 4.78 is 2.13. The molecule has 0 amide bonds. The van der Waals surface area contributed by atoms with Crippen LogP contribution in [-0.2, 0) is 10.2 Å². The van der Waals surface area contributed by atoms with Crippen LogP contribution >= 0.6 is 0 Å². The van der Waals surface area contributed by atoms with E-state index in [1.807, 2.05) is 56.4 Å². The van der Waals surface area contributed by atoms with E-state index in [1.54, 1.807) is 0 Å². The second-order valence-corrected chi connectivity index (χ2v) is 7.27. The summed E-state index contributed by atoms with van der Waals surface area (Å²) in [6, 6.07) is 22.5. The van der Waals surface area contributed by atoms with E-state index in [-0.39, 0.29) is 6.42 Å². The molecule has 3 heteroatoms. The van der Waals surface area contributed by atoms with Crippen LogP contribution in [0.5, 0.6) is 0 Å². The number of carbonyl (C=O) groups is 1. The summed E-state index contributed by atoms with van der Waals surface area (Å²) in [6.07, 6.45) is 4.17. The molecule has 0 radical (unpaired) electrons. The Morgan fingerprint density at radius 2 is 1.70 bits per heavy atom. The maximum absolute atomic E-state index is 11.8. The fourth-order valence-electron chi connectivity index (χ4n) is 4.26. The van der Waals surface area contributed by atoms with Gasteiger partial charge in [0, 0.05) is 17.7 Å². The Balaban J connectivity index is 1.92. The highest BCUT2D eigenvalue weighted by molar-refractivity contribution is 6.10. The van der Waals surface area contributed by atoms with Crippen molar-refractivity contribution in [2.75, 3.05) is 7.05 Å². The molecule has 0 fully saturated rings. The summed E-state index contributed by atoms with van der Waals surface area (Å²) in [4.78, 5) is 11.8. The SMILES string of the molecule is C[N+]1=C(C=Cc2ccccc2)C(C)(CC(=O)O)c2c1ccc1ccccc21. The van der Waals surface area contributed by atoms with E-state index in [4.69, 9.17) is 0 Å². The molecule has 0 aromatic heterocycles. The Morgan fingerprint density at radius 1 is 1.00 bits per heavy atom. The van der Waals surface area contributed by atoms with Crippen molar-refractivity contribution in [2.45, 2.75) is 18.8 Å². The first-order valence-corrected chi connectivity index (χ1v) is 9.09. The van der Waals surface area contributed by atoms with Crippen molar-refractivity contribution in [3.05, 3.63) is 83.9 Å². The van der Waals surface area contributed by atoms with Gasteiger partial charge < -0.3 is 5.11 Å². The summed E-state index contributed by atoms with van der Waals surface area (Å²) in [5.74, 6) is -0.794. The van der Waals surface area contributed by atoms with Crippen LogP contribution < -0.4 is 0 Å². The highest BCUT2D eigenvalue weighted by Gasteiger charge is 2.49. The number of rotatable bonds is 4. The molecule has 1 atom stereocenters. The number of carboxylic acid groups (broad SMARTS) is 1. The number of hydrogen-bond donors (Lipinski definition) is 1. The van der Waals surface area contributed by atoms with Gasteiger partial charge in [0.05, 0.1) is 11.8 Å². The lowest BCUT2D eigenvalue weighted by Gasteiger charge is -2.21. The highest BCUT2D eigenvalue weighted by Crippen LogP contribution is 2.45. The zero-order chi connectivity index (χ0) is 19.0. The molecule has 0 saturated heterocycles. The van der Waals surface area contributed by atoms with E-state index in [9.17, 15) is 9.90 Å². The van der Waals surface area contributed by atoms with Crippen molar-refractivity contribution >= 4 is 34.2 Å². The molecule has 1 heterocycles. The average Bonchev–Trinajstić information content (AvgIpc) is 2.87. The van der Waals surface area contributed by atoms with E-state index in [2.05, 4.69) is 41.0 Å². The number of fused-ring (bicyclic) bond motifs is 3. The Kier molecular flexibility index (Phi) is 4.15. The molecule has 3 aromatic carbocycles. The predicted molar refractivity (Wildman–Crippen MR) is 110 cm³/mol. The molecule has 134 valence electrons. The molecule has 0 bridgehead atoms. The molecule has 3 nitrogen and oxygen atoms in total. The lowest BCUT2D eigenvalue weighted by molar-refractivity contribution is -0.401. The molecule has 1 unspecified atom stereocenters. The first-order valence-electron chi connectivity index (χ1n) is 9.09. The summed E-state index contributed by atoms with van der Waals surface area (Å²) in [6.45, 7) is 2.04. The van der Waals surface area contributed by atoms with Gasteiger partial charge in [-0.05, 0) is 35.4 Å². The molecular weight excluding hydrogens is 334 g/mol. The fourth-order valence-corrected chi connectivity index (χ4v) is 4.26. The average molecular weight is 356 g/mol. The molecule has 3 aromatic rings. The number of carboxylic acids is 1. The van der Waals surface area contributed by atoms with Crippen LogP contribution in [0.1, 0.15) is 24.5 Å². The minimum Gasteiger partial charge on any atom is -0.481 e. The lowest BCUT2D eigenvalue weighted by Crippen LogP contribution is -2.33. The Morgan fingerprint density at radius 3 is 2.44 bits per heavy atom. The van der Waals surface area contributed by atoms with Crippen molar-refractivity contribution in [2.24, 2.45) is 0 Å². The number of hydrogen-bond acceptors (Lipinski definition) is 1. The predicted octanol–water partition coefficient (Wildman–Crippen LogP) is 5.01. The van der Waals surface area contributed by atoms with Crippen molar-refractivity contribution in [1.82, 2.24) is 0 Å². The van der Waals surface area contributed by atoms with E-state index < -0.39 is 11.4 Å². The number of allylic oxidation sites excluding steroid dienone is 1. The third-order valence-electron chi connectivity index (χ3n) is 5.48. The topological polar surface area (TPSA) is 40.3 Å². The second kappa shape index (κ2) is 6.51. The van der Waals surface area contributed by atoms with Gasteiger partial charge >= 0.3 is 5.97 Å². The molecule has 0 spiro atoms. The number of aliphatic carboxylic acids is 1. The third kappa shape index (κ3) is 2.85. The Labute approximate surface area is 158 Å². The quantitative estimate of drug-likeness (QED) is 0.667. The zero-order valence-electron chi connectivity index (χ0n) is 15.5. The molecule has 4 rings (SSSR count). The maximum Gasteiger partial charge on any atom is 0.304 e. The second-order valence-electron chi connectivity index (χ2n) is 7.27. The molecule has 1 aliphatic heterocycles. The van der Waals surface area contributed by atoms with Crippen molar-refractivity contribution < 1.29 is 14.5 Å². The summed E-state index contributed by atoms with van der Waals surface area (Å²) in [5.41, 5.74) is 3.67. The molecule has 1 aliphatic rings. The molecular formula is C24H22NO2+. The number of benzene rings is 3. The Hall–Kier alpha value is -3.20. The maximum atomic E-state index is 11.8. The van der Waals surface area contributed by atoms with Crippen molar-refractivity contribution in [1.29, 1.82) is 0 Å². The van der Waals surface area contributed by atoms with Crippen LogP contribution in [0.15, 0.2) is 72.8 Å². The van der Waals surface area contributed by atoms with Crippen molar-refractivity contribution in [3.8, 4) is 0 Å². The number of nitrogens with zero attached hydrogens (tertiary/aromatic N) is 1. The summed E-state index contributed by atoms with van der Waals surface area (Å²) in [5, 5.41) is 11.9. The van der Waals surface area contributed by atoms with Gasteiger partial charge in [-0.2, -0.15) is 4.58 Å². The van der Waals surface area contributed by atoms with Gasteiger partial charge in [-0.25, -0.2) is 0 Å².